The molecule has 1 fully saturated rings. The van der Waals surface area contributed by atoms with Gasteiger partial charge < -0.3 is 19.1 Å². The molecule has 3 rings (SSSR count). The Morgan fingerprint density at radius 1 is 1.21 bits per heavy atom. The Morgan fingerprint density at radius 2 is 1.96 bits per heavy atom. The molecule has 2 atom stereocenters. The molecule has 130 valence electrons. The highest BCUT2D eigenvalue weighted by Crippen LogP contribution is 2.35. The Hall–Kier alpha value is -2.28. The maximum absolute atomic E-state index is 12.8. The lowest BCUT2D eigenvalue weighted by Crippen LogP contribution is -2.47. The third-order valence-electron chi connectivity index (χ3n) is 4.27. The Morgan fingerprint density at radius 3 is 2.71 bits per heavy atom. The van der Waals surface area contributed by atoms with Gasteiger partial charge in [-0.3, -0.25) is 14.9 Å². The van der Waals surface area contributed by atoms with Crippen molar-refractivity contribution in [3.63, 3.8) is 0 Å². The van der Waals surface area contributed by atoms with Gasteiger partial charge in [0.2, 0.25) is 12.7 Å². The molecular formula is C17H22N2O5. The van der Waals surface area contributed by atoms with Crippen LogP contribution in [-0.4, -0.2) is 43.9 Å². The second-order valence-corrected chi connectivity index (χ2v) is 5.72. The molecular weight excluding hydrogens is 312 g/mol. The zero-order valence-corrected chi connectivity index (χ0v) is 13.9. The topological polar surface area (TPSA) is 77.1 Å². The number of hydrogen-bond donors (Lipinski definition) is 1. The number of benzene rings is 1. The molecule has 0 aromatic heterocycles. The zero-order chi connectivity index (χ0) is 17.1. The lowest BCUT2D eigenvalue weighted by atomic mass is 10.1. The Labute approximate surface area is 140 Å². The average molecular weight is 334 g/mol. The van der Waals surface area contributed by atoms with Crippen LogP contribution >= 0.6 is 0 Å². The van der Waals surface area contributed by atoms with Gasteiger partial charge in [-0.2, -0.15) is 0 Å². The molecule has 1 saturated heterocycles. The molecule has 0 radical (unpaired) electrons. The number of likely N-dealkylation sites (N-methyl/N-ethyl adjacent to an activating group) is 1. The fraction of sp³-hybridized carbons (Fsp3) is 0.529. The van der Waals surface area contributed by atoms with Crippen LogP contribution in [0.4, 0.5) is 5.69 Å². The summed E-state index contributed by atoms with van der Waals surface area (Å²) in [6.07, 6.45) is 1.22. The standard InChI is InChI=1S/C17H22N2O5/c1-3-19(11-5-8-14-15(9-11)24-10-23-14)16(20)12-6-7-13(18-12)17(21)22-4-2/h5,8-9,12-13,18H,3-4,6-7,10H2,1-2H3. The van der Waals surface area contributed by atoms with E-state index in [1.54, 1.807) is 17.9 Å². The van der Waals surface area contributed by atoms with E-state index in [1.165, 1.54) is 0 Å². The van der Waals surface area contributed by atoms with Crippen molar-refractivity contribution in [1.29, 1.82) is 0 Å². The maximum Gasteiger partial charge on any atom is 0.323 e. The van der Waals surface area contributed by atoms with Crippen LogP contribution in [-0.2, 0) is 14.3 Å². The molecule has 0 saturated carbocycles. The van der Waals surface area contributed by atoms with Crippen molar-refractivity contribution < 1.29 is 23.8 Å². The van der Waals surface area contributed by atoms with Gasteiger partial charge in [0.1, 0.15) is 6.04 Å². The molecule has 0 bridgehead atoms. The number of carbonyl (C=O) groups excluding carboxylic acids is 2. The number of nitrogens with one attached hydrogen (secondary N) is 1. The summed E-state index contributed by atoms with van der Waals surface area (Å²) in [5.74, 6) is 0.980. The van der Waals surface area contributed by atoms with Crippen LogP contribution in [0.25, 0.3) is 0 Å². The van der Waals surface area contributed by atoms with Gasteiger partial charge in [0.05, 0.1) is 12.6 Å². The number of fused-ring (bicyclic) bond motifs is 1. The van der Waals surface area contributed by atoms with Crippen molar-refractivity contribution in [3.05, 3.63) is 18.2 Å². The number of esters is 1. The largest absolute Gasteiger partial charge is 0.465 e. The van der Waals surface area contributed by atoms with Crippen LogP contribution < -0.4 is 19.7 Å². The van der Waals surface area contributed by atoms with E-state index < -0.39 is 6.04 Å². The minimum atomic E-state index is -0.408. The summed E-state index contributed by atoms with van der Waals surface area (Å²) in [5.41, 5.74) is 0.758. The van der Waals surface area contributed by atoms with Gasteiger partial charge in [-0.25, -0.2) is 0 Å². The summed E-state index contributed by atoms with van der Waals surface area (Å²) < 4.78 is 15.7. The normalized spacial score (nSPS) is 21.6. The maximum atomic E-state index is 12.8. The van der Waals surface area contributed by atoms with E-state index in [0.29, 0.717) is 37.5 Å². The van der Waals surface area contributed by atoms with Crippen LogP contribution in [0, 0.1) is 0 Å². The number of anilines is 1. The predicted molar refractivity (Wildman–Crippen MR) is 87.2 cm³/mol. The van der Waals surface area contributed by atoms with Gasteiger partial charge in [0.15, 0.2) is 11.5 Å². The molecule has 7 nitrogen and oxygen atoms in total. The van der Waals surface area contributed by atoms with Gasteiger partial charge in [0, 0.05) is 18.3 Å². The molecule has 1 amide bonds. The third kappa shape index (κ3) is 3.17. The molecule has 0 spiro atoms. The lowest BCUT2D eigenvalue weighted by Gasteiger charge is -2.25. The van der Waals surface area contributed by atoms with Crippen LogP contribution in [0.1, 0.15) is 26.7 Å². The third-order valence-corrected chi connectivity index (χ3v) is 4.27. The van der Waals surface area contributed by atoms with Crippen LogP contribution in [0.2, 0.25) is 0 Å². The van der Waals surface area contributed by atoms with Crippen molar-refractivity contribution in [2.75, 3.05) is 24.8 Å². The predicted octanol–water partition coefficient (Wildman–Crippen LogP) is 1.45. The van der Waals surface area contributed by atoms with Gasteiger partial charge in [-0.05, 0) is 38.8 Å². The van der Waals surface area contributed by atoms with Crippen molar-refractivity contribution in [1.82, 2.24) is 5.32 Å². The van der Waals surface area contributed by atoms with Gasteiger partial charge in [-0.1, -0.05) is 0 Å². The van der Waals surface area contributed by atoms with Crippen LogP contribution in [0.5, 0.6) is 11.5 Å². The Bertz CT molecular complexity index is 633. The van der Waals surface area contributed by atoms with Gasteiger partial charge in [0.25, 0.3) is 0 Å². The van der Waals surface area contributed by atoms with Crippen molar-refractivity contribution in [2.45, 2.75) is 38.8 Å². The quantitative estimate of drug-likeness (QED) is 0.822. The number of nitrogens with zero attached hydrogens (tertiary/aromatic N) is 1. The summed E-state index contributed by atoms with van der Waals surface area (Å²) in [6, 6.07) is 4.66. The second kappa shape index (κ2) is 7.09. The number of rotatable bonds is 5. The molecule has 1 aromatic carbocycles. The molecule has 1 aromatic rings. The van der Waals surface area contributed by atoms with E-state index in [-0.39, 0.29) is 24.7 Å². The first kappa shape index (κ1) is 16.6. The number of hydrogen-bond acceptors (Lipinski definition) is 6. The smallest absolute Gasteiger partial charge is 0.323 e. The molecule has 7 heteroatoms. The van der Waals surface area contributed by atoms with E-state index in [2.05, 4.69) is 5.32 Å². The van der Waals surface area contributed by atoms with E-state index in [4.69, 9.17) is 14.2 Å². The van der Waals surface area contributed by atoms with Crippen molar-refractivity contribution >= 4 is 17.6 Å². The summed E-state index contributed by atoms with van der Waals surface area (Å²) >= 11 is 0. The highest BCUT2D eigenvalue weighted by Gasteiger charge is 2.36. The van der Waals surface area contributed by atoms with Crippen molar-refractivity contribution in [2.24, 2.45) is 0 Å². The molecule has 2 aliphatic heterocycles. The van der Waals surface area contributed by atoms with Crippen molar-refractivity contribution in [3.8, 4) is 11.5 Å². The van der Waals surface area contributed by atoms with Gasteiger partial charge in [-0.15, -0.1) is 0 Å². The first-order valence-electron chi connectivity index (χ1n) is 8.27. The molecule has 2 aliphatic rings. The van der Waals surface area contributed by atoms with E-state index in [9.17, 15) is 9.59 Å². The fourth-order valence-electron chi connectivity index (χ4n) is 3.07. The monoisotopic (exact) mass is 334 g/mol. The van der Waals surface area contributed by atoms with Gasteiger partial charge >= 0.3 is 5.97 Å². The summed E-state index contributed by atoms with van der Waals surface area (Å²) in [5, 5.41) is 3.09. The van der Waals surface area contributed by atoms with E-state index in [0.717, 1.165) is 5.69 Å². The highest BCUT2D eigenvalue weighted by atomic mass is 16.7. The zero-order valence-electron chi connectivity index (χ0n) is 13.9. The minimum Gasteiger partial charge on any atom is -0.465 e. The van der Waals surface area contributed by atoms with E-state index >= 15 is 0 Å². The van der Waals surface area contributed by atoms with Crippen LogP contribution in [0.3, 0.4) is 0 Å². The summed E-state index contributed by atoms with van der Waals surface area (Å²) in [6.45, 7) is 4.76. The first-order valence-corrected chi connectivity index (χ1v) is 8.27. The number of amides is 1. The molecule has 24 heavy (non-hydrogen) atoms. The first-order chi connectivity index (χ1) is 11.6. The van der Waals surface area contributed by atoms with Crippen LogP contribution in [0.15, 0.2) is 18.2 Å². The fourth-order valence-corrected chi connectivity index (χ4v) is 3.07. The average Bonchev–Trinajstić information content (AvgIpc) is 3.24. The second-order valence-electron chi connectivity index (χ2n) is 5.72. The Balaban J connectivity index is 1.70. The number of carbonyl (C=O) groups is 2. The lowest BCUT2D eigenvalue weighted by molar-refractivity contribution is -0.145. The Kier molecular flexibility index (Phi) is 4.89. The number of ether oxygens (including phenoxy) is 3. The van der Waals surface area contributed by atoms with E-state index in [1.807, 2.05) is 19.1 Å². The summed E-state index contributed by atoms with van der Waals surface area (Å²) in [7, 11) is 0. The molecule has 0 aliphatic carbocycles. The molecule has 2 heterocycles. The SMILES string of the molecule is CCOC(=O)C1CCC(C(=O)N(CC)c2ccc3c(c2)OCO3)N1. The molecule has 2 unspecified atom stereocenters. The molecule has 1 N–H and O–H groups in total. The summed E-state index contributed by atoms with van der Waals surface area (Å²) in [4.78, 5) is 26.3. The highest BCUT2D eigenvalue weighted by molar-refractivity contribution is 5.98. The minimum absolute atomic E-state index is 0.0526.